The van der Waals surface area contributed by atoms with E-state index in [-0.39, 0.29) is 6.61 Å². The van der Waals surface area contributed by atoms with Gasteiger partial charge in [-0.1, -0.05) is 17.3 Å². The first-order valence-electron chi connectivity index (χ1n) is 7.39. The molecule has 0 fully saturated rings. The molecule has 0 bridgehead atoms. The highest BCUT2D eigenvalue weighted by molar-refractivity contribution is 7.98. The van der Waals surface area contributed by atoms with E-state index in [1.54, 1.807) is 19.1 Å². The summed E-state index contributed by atoms with van der Waals surface area (Å²) in [6.07, 6.45) is -0.702. The summed E-state index contributed by atoms with van der Waals surface area (Å²) < 4.78 is 9.84. The molecule has 0 saturated heterocycles. The average molecular weight is 349 g/mol. The van der Waals surface area contributed by atoms with Gasteiger partial charge in [0.2, 0.25) is 0 Å². The minimum absolute atomic E-state index is 0.228. The van der Waals surface area contributed by atoms with Gasteiger partial charge in [0.15, 0.2) is 0 Å². The van der Waals surface area contributed by atoms with Crippen molar-refractivity contribution in [2.75, 3.05) is 6.61 Å². The van der Waals surface area contributed by atoms with Crippen molar-refractivity contribution in [3.8, 4) is 0 Å². The predicted molar refractivity (Wildman–Crippen MR) is 89.6 cm³/mol. The number of rotatable bonds is 5. The van der Waals surface area contributed by atoms with E-state index >= 15 is 0 Å². The number of aromatic nitrogens is 1. The van der Waals surface area contributed by atoms with Gasteiger partial charge in [-0.05, 0) is 32.9 Å². The second-order valence-corrected chi connectivity index (χ2v) is 5.90. The molecule has 8 heteroatoms. The van der Waals surface area contributed by atoms with Crippen LogP contribution in [0, 0.1) is 13.8 Å². The number of nitrogens with one attached hydrogen (secondary N) is 2. The smallest absolute Gasteiger partial charge is 0.426 e. The molecular formula is C16H19N3O4S. The van der Waals surface area contributed by atoms with Crippen molar-refractivity contribution in [2.24, 2.45) is 0 Å². The Kier molecular flexibility index (Phi) is 6.25. The van der Waals surface area contributed by atoms with Crippen molar-refractivity contribution < 1.29 is 18.8 Å². The zero-order valence-corrected chi connectivity index (χ0v) is 14.5. The lowest BCUT2D eigenvalue weighted by molar-refractivity contribution is 0.0910. The Labute approximate surface area is 144 Å². The highest BCUT2D eigenvalue weighted by Crippen LogP contribution is 2.28. The van der Waals surface area contributed by atoms with Crippen molar-refractivity contribution in [3.63, 3.8) is 0 Å². The molecule has 0 spiro atoms. The third-order valence-electron chi connectivity index (χ3n) is 3.24. The van der Waals surface area contributed by atoms with Gasteiger partial charge in [0.05, 0.1) is 17.9 Å². The topological polar surface area (TPSA) is 93.5 Å². The molecule has 7 nitrogen and oxygen atoms in total. The van der Waals surface area contributed by atoms with E-state index < -0.39 is 12.0 Å². The number of aryl methyl sites for hydroxylation is 2. The van der Waals surface area contributed by atoms with Gasteiger partial charge in [-0.2, -0.15) is 0 Å². The minimum Gasteiger partial charge on any atom is -0.449 e. The SMILES string of the molecule is CCOC(=O)NNC(=O)c1ccccc1SCc1c(C)noc1C. The fourth-order valence-corrected chi connectivity index (χ4v) is 3.18. The van der Waals surface area contributed by atoms with Gasteiger partial charge >= 0.3 is 6.09 Å². The molecule has 2 rings (SSSR count). The first-order chi connectivity index (χ1) is 11.5. The predicted octanol–water partition coefficient (Wildman–Crippen LogP) is 2.97. The molecule has 0 saturated carbocycles. The Morgan fingerprint density at radius 1 is 1.25 bits per heavy atom. The largest absolute Gasteiger partial charge is 0.449 e. The van der Waals surface area contributed by atoms with Crippen LogP contribution >= 0.6 is 11.8 Å². The standard InChI is InChI=1S/C16H19N3O4S/c1-4-22-16(21)18-17-15(20)12-7-5-6-8-14(12)24-9-13-10(2)19-23-11(13)3/h5-8H,4,9H2,1-3H3,(H,17,20)(H,18,21). The van der Waals surface area contributed by atoms with Crippen LogP contribution in [0.3, 0.4) is 0 Å². The third kappa shape index (κ3) is 4.51. The van der Waals surface area contributed by atoms with Crippen LogP contribution in [0.4, 0.5) is 4.79 Å². The van der Waals surface area contributed by atoms with Crippen LogP contribution in [0.2, 0.25) is 0 Å². The summed E-state index contributed by atoms with van der Waals surface area (Å²) in [6.45, 7) is 5.65. The third-order valence-corrected chi connectivity index (χ3v) is 4.34. The van der Waals surface area contributed by atoms with E-state index in [4.69, 9.17) is 9.26 Å². The lowest BCUT2D eigenvalue weighted by Crippen LogP contribution is -2.42. The Balaban J connectivity index is 2.04. The molecule has 2 aromatic rings. The van der Waals surface area contributed by atoms with E-state index in [1.165, 1.54) is 11.8 Å². The molecule has 2 N–H and O–H groups in total. The first kappa shape index (κ1) is 17.9. The molecule has 0 aliphatic rings. The van der Waals surface area contributed by atoms with Gasteiger partial charge in [-0.15, -0.1) is 11.8 Å². The number of thioether (sulfide) groups is 1. The van der Waals surface area contributed by atoms with E-state index in [2.05, 4.69) is 16.0 Å². The monoisotopic (exact) mass is 349 g/mol. The maximum absolute atomic E-state index is 12.2. The van der Waals surface area contributed by atoms with Crippen molar-refractivity contribution in [1.29, 1.82) is 0 Å². The number of ether oxygens (including phenoxy) is 1. The second kappa shape index (κ2) is 8.39. The minimum atomic E-state index is -0.702. The van der Waals surface area contributed by atoms with Crippen molar-refractivity contribution in [3.05, 3.63) is 46.8 Å². The Bertz CT molecular complexity index is 710. The fraction of sp³-hybridized carbons (Fsp3) is 0.312. The highest BCUT2D eigenvalue weighted by atomic mass is 32.2. The molecular weight excluding hydrogens is 330 g/mol. The number of benzene rings is 1. The average Bonchev–Trinajstić information content (AvgIpc) is 2.89. The van der Waals surface area contributed by atoms with E-state index in [0.717, 1.165) is 21.9 Å². The molecule has 0 aliphatic carbocycles. The summed E-state index contributed by atoms with van der Waals surface area (Å²) in [4.78, 5) is 24.3. The molecule has 1 aromatic carbocycles. The molecule has 24 heavy (non-hydrogen) atoms. The van der Waals surface area contributed by atoms with E-state index in [1.807, 2.05) is 26.0 Å². The van der Waals surface area contributed by atoms with Gasteiger partial charge in [-0.25, -0.2) is 10.2 Å². The second-order valence-electron chi connectivity index (χ2n) is 4.89. The molecule has 128 valence electrons. The summed E-state index contributed by atoms with van der Waals surface area (Å²) in [7, 11) is 0. The van der Waals surface area contributed by atoms with Gasteiger partial charge in [-0.3, -0.25) is 10.2 Å². The number of carbonyl (C=O) groups excluding carboxylic acids is 2. The van der Waals surface area contributed by atoms with Crippen LogP contribution in [0.1, 0.15) is 34.3 Å². The zero-order chi connectivity index (χ0) is 17.5. The van der Waals surface area contributed by atoms with Gasteiger partial charge < -0.3 is 9.26 Å². The Hall–Kier alpha value is -2.48. The van der Waals surface area contributed by atoms with Crippen LogP contribution in [0.5, 0.6) is 0 Å². The number of nitrogens with zero attached hydrogens (tertiary/aromatic N) is 1. The van der Waals surface area contributed by atoms with Crippen molar-refractivity contribution >= 4 is 23.8 Å². The highest BCUT2D eigenvalue weighted by Gasteiger charge is 2.15. The van der Waals surface area contributed by atoms with Crippen molar-refractivity contribution in [1.82, 2.24) is 16.0 Å². The Morgan fingerprint density at radius 3 is 2.67 bits per heavy atom. The summed E-state index contributed by atoms with van der Waals surface area (Å²) in [5.74, 6) is 0.993. The maximum atomic E-state index is 12.2. The van der Waals surface area contributed by atoms with Crippen LogP contribution < -0.4 is 10.9 Å². The summed E-state index contributed by atoms with van der Waals surface area (Å²) in [6, 6.07) is 7.16. The lowest BCUT2D eigenvalue weighted by Gasteiger charge is -2.10. The van der Waals surface area contributed by atoms with Gasteiger partial charge in [0.1, 0.15) is 5.76 Å². The molecule has 0 aliphatic heterocycles. The summed E-state index contributed by atoms with van der Waals surface area (Å²) in [5.41, 5.74) is 6.85. The van der Waals surface area contributed by atoms with Crippen LogP contribution in [0.15, 0.2) is 33.7 Å². The maximum Gasteiger partial charge on any atom is 0.426 e. The first-order valence-corrected chi connectivity index (χ1v) is 8.38. The van der Waals surface area contributed by atoms with Crippen molar-refractivity contribution in [2.45, 2.75) is 31.4 Å². The van der Waals surface area contributed by atoms with Crippen LogP contribution in [-0.2, 0) is 10.5 Å². The van der Waals surface area contributed by atoms with Gasteiger partial charge in [0.25, 0.3) is 5.91 Å². The summed E-state index contributed by atoms with van der Waals surface area (Å²) in [5, 5.41) is 3.92. The van der Waals surface area contributed by atoms with Gasteiger partial charge in [0, 0.05) is 16.2 Å². The molecule has 1 heterocycles. The molecule has 2 amide bonds. The lowest BCUT2D eigenvalue weighted by atomic mass is 10.2. The summed E-state index contributed by atoms with van der Waals surface area (Å²) >= 11 is 1.50. The van der Waals surface area contributed by atoms with Crippen LogP contribution in [0.25, 0.3) is 0 Å². The zero-order valence-electron chi connectivity index (χ0n) is 13.7. The molecule has 1 aromatic heterocycles. The quantitative estimate of drug-likeness (QED) is 0.637. The molecule has 0 atom stereocenters. The molecule has 0 radical (unpaired) electrons. The Morgan fingerprint density at radius 2 is 2.00 bits per heavy atom. The number of hydrogen-bond donors (Lipinski definition) is 2. The fourth-order valence-electron chi connectivity index (χ4n) is 1.98. The molecule has 0 unspecified atom stereocenters. The van der Waals surface area contributed by atoms with E-state index in [9.17, 15) is 9.59 Å². The van der Waals surface area contributed by atoms with E-state index in [0.29, 0.717) is 11.3 Å². The number of carbonyl (C=O) groups is 2. The number of hydrogen-bond acceptors (Lipinski definition) is 6. The number of hydrazine groups is 1. The van der Waals surface area contributed by atoms with Crippen LogP contribution in [-0.4, -0.2) is 23.8 Å². The normalized spacial score (nSPS) is 10.3. The number of amides is 2.